The Kier molecular flexibility index (Phi) is 3.96. The first-order valence-corrected chi connectivity index (χ1v) is 7.46. The molecule has 0 saturated heterocycles. The van der Waals surface area contributed by atoms with Gasteiger partial charge in [0.25, 0.3) is 0 Å². The van der Waals surface area contributed by atoms with Gasteiger partial charge in [-0.15, -0.1) is 0 Å². The molecular weight excluding hydrogens is 327 g/mol. The number of halogens is 1. The summed E-state index contributed by atoms with van der Waals surface area (Å²) in [7, 11) is 0. The Hall–Kier alpha value is -3.29. The molecule has 25 heavy (non-hydrogen) atoms. The van der Waals surface area contributed by atoms with Crippen LogP contribution in [-0.4, -0.2) is 25.9 Å². The molecule has 1 aromatic carbocycles. The maximum atomic E-state index is 14.4. The fourth-order valence-electron chi connectivity index (χ4n) is 2.88. The smallest absolute Gasteiger partial charge is 0.174 e. The second-order valence-corrected chi connectivity index (χ2v) is 5.69. The van der Waals surface area contributed by atoms with E-state index in [2.05, 4.69) is 10.3 Å². The van der Waals surface area contributed by atoms with Crippen LogP contribution in [0.4, 0.5) is 4.39 Å². The second-order valence-electron chi connectivity index (χ2n) is 5.69. The molecule has 7 nitrogen and oxygen atoms in total. The molecule has 0 unspecified atom stereocenters. The van der Waals surface area contributed by atoms with E-state index in [1.54, 1.807) is 20.1 Å². The molecule has 0 amide bonds. The van der Waals surface area contributed by atoms with Crippen molar-refractivity contribution >= 4 is 5.84 Å². The van der Waals surface area contributed by atoms with Crippen LogP contribution in [0.5, 0.6) is 5.75 Å². The summed E-state index contributed by atoms with van der Waals surface area (Å²) in [4.78, 5) is 0. The summed E-state index contributed by atoms with van der Waals surface area (Å²) in [5.74, 6) is -0.407. The zero-order valence-corrected chi connectivity index (χ0v) is 13.9. The summed E-state index contributed by atoms with van der Waals surface area (Å²) in [6.07, 6.45) is 1.57. The van der Waals surface area contributed by atoms with E-state index < -0.39 is 5.82 Å². The third kappa shape index (κ3) is 2.61. The molecule has 2 heterocycles. The number of amidine groups is 1. The Morgan fingerprint density at radius 1 is 1.32 bits per heavy atom. The number of nitrogens with two attached hydrogens (primary N) is 1. The average molecular weight is 344 g/mol. The summed E-state index contributed by atoms with van der Waals surface area (Å²) in [5, 5.41) is 26.0. The third-order valence-electron chi connectivity index (χ3n) is 3.98. The van der Waals surface area contributed by atoms with Gasteiger partial charge in [-0.05, 0) is 38.5 Å². The number of phenolic OH excluding ortho intramolecular Hbond substituents is 1. The molecule has 0 atom stereocenters. The van der Waals surface area contributed by atoms with E-state index in [4.69, 9.17) is 15.4 Å². The van der Waals surface area contributed by atoms with Crippen molar-refractivity contribution in [1.29, 1.82) is 0 Å². The molecule has 4 N–H and O–H groups in total. The highest BCUT2D eigenvalue weighted by molar-refractivity contribution is 6.04. The number of rotatable bonds is 3. The Balaban J connectivity index is 2.41. The van der Waals surface area contributed by atoms with Crippen LogP contribution < -0.4 is 5.73 Å². The standard InChI is InChI=1S/C17H17FN4O3/c1-8-7-25-10(3)14(8)16-15(17(19)21-24)9(2)20-22(16)13-5-4-11(23)6-12(13)18/h4-7,23-24H,1-3H3,(H2,19,21). The minimum atomic E-state index is -0.659. The Bertz CT molecular complexity index is 969. The molecule has 0 spiro atoms. The van der Waals surface area contributed by atoms with Gasteiger partial charge in [-0.3, -0.25) is 0 Å². The van der Waals surface area contributed by atoms with Gasteiger partial charge in [-0.25, -0.2) is 9.07 Å². The Morgan fingerprint density at radius 2 is 2.04 bits per heavy atom. The highest BCUT2D eigenvalue weighted by atomic mass is 19.1. The molecule has 0 saturated carbocycles. The fourth-order valence-corrected chi connectivity index (χ4v) is 2.88. The topological polar surface area (TPSA) is 110 Å². The predicted molar refractivity (Wildman–Crippen MR) is 89.6 cm³/mol. The van der Waals surface area contributed by atoms with Gasteiger partial charge in [-0.1, -0.05) is 5.16 Å². The average Bonchev–Trinajstić information content (AvgIpc) is 3.06. The van der Waals surface area contributed by atoms with Crippen LogP contribution in [0.25, 0.3) is 16.9 Å². The first-order valence-electron chi connectivity index (χ1n) is 7.46. The zero-order valence-electron chi connectivity index (χ0n) is 13.9. The molecule has 130 valence electrons. The SMILES string of the molecule is Cc1coc(C)c1-c1c(/C(N)=N/O)c(C)nn1-c1ccc(O)cc1F. The van der Waals surface area contributed by atoms with Crippen LogP contribution in [0.2, 0.25) is 0 Å². The molecular formula is C17H17FN4O3. The van der Waals surface area contributed by atoms with Crippen molar-refractivity contribution in [2.24, 2.45) is 10.9 Å². The number of oxime groups is 1. The molecule has 0 radical (unpaired) electrons. The Morgan fingerprint density at radius 3 is 2.60 bits per heavy atom. The lowest BCUT2D eigenvalue weighted by Gasteiger charge is -2.11. The number of benzene rings is 1. The summed E-state index contributed by atoms with van der Waals surface area (Å²) in [6.45, 7) is 5.27. The molecule has 2 aromatic heterocycles. The zero-order chi connectivity index (χ0) is 18.3. The molecule has 3 aromatic rings. The van der Waals surface area contributed by atoms with Crippen LogP contribution in [-0.2, 0) is 0 Å². The maximum absolute atomic E-state index is 14.4. The first-order chi connectivity index (χ1) is 11.8. The monoisotopic (exact) mass is 344 g/mol. The fraction of sp³-hybridized carbons (Fsp3) is 0.176. The van der Waals surface area contributed by atoms with Gasteiger partial charge >= 0.3 is 0 Å². The number of furan rings is 1. The lowest BCUT2D eigenvalue weighted by Crippen LogP contribution is -2.15. The number of aromatic nitrogens is 2. The maximum Gasteiger partial charge on any atom is 0.174 e. The molecule has 0 aliphatic carbocycles. The van der Waals surface area contributed by atoms with Crippen LogP contribution >= 0.6 is 0 Å². The van der Waals surface area contributed by atoms with Crippen LogP contribution in [0, 0.1) is 26.6 Å². The van der Waals surface area contributed by atoms with Crippen molar-refractivity contribution in [3.05, 3.63) is 52.9 Å². The van der Waals surface area contributed by atoms with E-state index in [-0.39, 0.29) is 17.3 Å². The molecule has 8 heteroatoms. The number of phenols is 1. The van der Waals surface area contributed by atoms with Crippen LogP contribution in [0.3, 0.4) is 0 Å². The molecule has 0 aliphatic rings. The highest BCUT2D eigenvalue weighted by Crippen LogP contribution is 2.35. The van der Waals surface area contributed by atoms with Gasteiger partial charge in [0.15, 0.2) is 11.7 Å². The normalized spacial score (nSPS) is 11.9. The highest BCUT2D eigenvalue weighted by Gasteiger charge is 2.26. The van der Waals surface area contributed by atoms with Gasteiger partial charge in [0.05, 0.1) is 23.2 Å². The van der Waals surface area contributed by atoms with E-state index in [0.717, 1.165) is 11.6 Å². The predicted octanol–water partition coefficient (Wildman–Crippen LogP) is 3.00. The van der Waals surface area contributed by atoms with Crippen molar-refractivity contribution in [1.82, 2.24) is 9.78 Å². The summed E-state index contributed by atoms with van der Waals surface area (Å²) in [5.41, 5.74) is 8.71. The summed E-state index contributed by atoms with van der Waals surface area (Å²) < 4.78 is 21.2. The lowest BCUT2D eigenvalue weighted by atomic mass is 10.0. The Labute approximate surface area is 142 Å². The van der Waals surface area contributed by atoms with Crippen molar-refractivity contribution in [3.63, 3.8) is 0 Å². The minimum absolute atomic E-state index is 0.118. The van der Waals surface area contributed by atoms with Gasteiger partial charge in [0.1, 0.15) is 17.2 Å². The number of hydrogen-bond donors (Lipinski definition) is 3. The van der Waals surface area contributed by atoms with Crippen molar-refractivity contribution in [2.75, 3.05) is 0 Å². The number of aromatic hydroxyl groups is 1. The molecule has 0 aliphatic heterocycles. The number of nitrogens with zero attached hydrogens (tertiary/aromatic N) is 3. The van der Waals surface area contributed by atoms with Gasteiger partial charge in [0, 0.05) is 11.6 Å². The third-order valence-corrected chi connectivity index (χ3v) is 3.98. The quantitative estimate of drug-likeness (QED) is 0.293. The lowest BCUT2D eigenvalue weighted by molar-refractivity contribution is 0.318. The van der Waals surface area contributed by atoms with E-state index in [9.17, 15) is 9.50 Å². The first kappa shape index (κ1) is 16.6. The summed E-state index contributed by atoms with van der Waals surface area (Å²) in [6, 6.07) is 3.76. The second kappa shape index (κ2) is 5.97. The van der Waals surface area contributed by atoms with Crippen molar-refractivity contribution in [3.8, 4) is 22.7 Å². The molecule has 0 bridgehead atoms. The van der Waals surface area contributed by atoms with Crippen molar-refractivity contribution in [2.45, 2.75) is 20.8 Å². The van der Waals surface area contributed by atoms with Crippen LogP contribution in [0.1, 0.15) is 22.6 Å². The van der Waals surface area contributed by atoms with E-state index >= 15 is 0 Å². The summed E-state index contributed by atoms with van der Waals surface area (Å²) >= 11 is 0. The molecule has 0 fully saturated rings. The number of hydrogen-bond acceptors (Lipinski definition) is 5. The van der Waals surface area contributed by atoms with Gasteiger partial charge in [-0.2, -0.15) is 5.10 Å². The van der Waals surface area contributed by atoms with E-state index in [1.807, 2.05) is 6.92 Å². The van der Waals surface area contributed by atoms with Crippen molar-refractivity contribution < 1.29 is 19.1 Å². The van der Waals surface area contributed by atoms with Gasteiger partial charge in [0.2, 0.25) is 0 Å². The minimum Gasteiger partial charge on any atom is -0.508 e. The number of aryl methyl sites for hydroxylation is 3. The van der Waals surface area contributed by atoms with Gasteiger partial charge < -0.3 is 20.5 Å². The van der Waals surface area contributed by atoms with Crippen LogP contribution in [0.15, 0.2) is 34.0 Å². The molecule has 3 rings (SSSR count). The van der Waals surface area contributed by atoms with E-state index in [1.165, 1.54) is 16.8 Å². The van der Waals surface area contributed by atoms with E-state index in [0.29, 0.717) is 28.3 Å². The largest absolute Gasteiger partial charge is 0.508 e.